The average molecular weight is 452 g/mol. The third-order valence-electron chi connectivity index (χ3n) is 5.10. The van der Waals surface area contributed by atoms with E-state index in [0.717, 1.165) is 28.2 Å². The highest BCUT2D eigenvalue weighted by molar-refractivity contribution is 7.92. The van der Waals surface area contributed by atoms with Crippen LogP contribution in [0.4, 0.5) is 5.69 Å². The molecular formula is C25H22ClNO3S. The molecule has 0 saturated carbocycles. The maximum absolute atomic E-state index is 13.1. The van der Waals surface area contributed by atoms with Crippen molar-refractivity contribution in [2.45, 2.75) is 24.7 Å². The zero-order chi connectivity index (χ0) is 22.0. The fourth-order valence-electron chi connectivity index (χ4n) is 3.52. The molecule has 0 aliphatic rings. The van der Waals surface area contributed by atoms with Crippen molar-refractivity contribution in [3.8, 4) is 0 Å². The van der Waals surface area contributed by atoms with Gasteiger partial charge in [0.25, 0.3) is 10.0 Å². The molecule has 3 aromatic carbocycles. The normalized spacial score (nSPS) is 12.5. The Balaban J connectivity index is 1.80. The monoisotopic (exact) mass is 451 g/mol. The summed E-state index contributed by atoms with van der Waals surface area (Å²) in [5, 5.41) is 0.631. The molecule has 0 amide bonds. The number of rotatable bonds is 6. The minimum atomic E-state index is -3.75. The molecule has 0 aliphatic carbocycles. The molecule has 6 heteroatoms. The Labute approximate surface area is 187 Å². The van der Waals surface area contributed by atoms with Crippen molar-refractivity contribution in [3.05, 3.63) is 118 Å². The molecule has 4 nitrogen and oxygen atoms in total. The van der Waals surface area contributed by atoms with E-state index in [4.69, 9.17) is 16.0 Å². The summed E-state index contributed by atoms with van der Waals surface area (Å²) in [5.41, 5.74) is 3.23. The first-order valence-corrected chi connectivity index (χ1v) is 11.7. The van der Waals surface area contributed by atoms with Gasteiger partial charge >= 0.3 is 0 Å². The molecule has 0 bridgehead atoms. The van der Waals surface area contributed by atoms with Crippen molar-refractivity contribution < 1.29 is 12.8 Å². The number of furan rings is 1. The van der Waals surface area contributed by atoms with Crippen LogP contribution in [-0.2, 0) is 10.0 Å². The second kappa shape index (κ2) is 8.61. The van der Waals surface area contributed by atoms with E-state index in [2.05, 4.69) is 4.72 Å². The highest BCUT2D eigenvalue weighted by Gasteiger charge is 2.25. The smallest absolute Gasteiger partial charge is 0.261 e. The van der Waals surface area contributed by atoms with E-state index in [1.54, 1.807) is 30.3 Å². The first-order chi connectivity index (χ1) is 14.8. The minimum absolute atomic E-state index is 0.213. The zero-order valence-corrected chi connectivity index (χ0v) is 18.7. The number of sulfonamides is 1. The summed E-state index contributed by atoms with van der Waals surface area (Å²) in [6.45, 7) is 3.80. The van der Waals surface area contributed by atoms with Crippen molar-refractivity contribution in [1.29, 1.82) is 0 Å². The number of aryl methyl sites for hydroxylation is 2. The van der Waals surface area contributed by atoms with E-state index < -0.39 is 10.0 Å². The predicted molar refractivity (Wildman–Crippen MR) is 124 cm³/mol. The number of hydrogen-bond acceptors (Lipinski definition) is 3. The summed E-state index contributed by atoms with van der Waals surface area (Å²) in [7, 11) is -3.75. The molecule has 4 aromatic rings. The summed E-state index contributed by atoms with van der Waals surface area (Å²) in [5.74, 6) is 1.20. The van der Waals surface area contributed by atoms with Gasteiger partial charge in [-0.1, -0.05) is 59.6 Å². The molecular weight excluding hydrogens is 430 g/mol. The van der Waals surface area contributed by atoms with E-state index in [9.17, 15) is 8.42 Å². The van der Waals surface area contributed by atoms with Crippen molar-refractivity contribution >= 4 is 27.3 Å². The third-order valence-corrected chi connectivity index (χ3v) is 6.73. The van der Waals surface area contributed by atoms with Crippen molar-refractivity contribution in [1.82, 2.24) is 0 Å². The average Bonchev–Trinajstić information content (AvgIpc) is 3.17. The van der Waals surface area contributed by atoms with Crippen molar-refractivity contribution in [3.63, 3.8) is 0 Å². The fourth-order valence-corrected chi connectivity index (χ4v) is 4.74. The van der Waals surface area contributed by atoms with E-state index in [1.165, 1.54) is 0 Å². The Morgan fingerprint density at radius 2 is 1.52 bits per heavy atom. The van der Waals surface area contributed by atoms with Gasteiger partial charge in [-0.25, -0.2) is 8.42 Å². The Hall–Kier alpha value is -3.02. The van der Waals surface area contributed by atoms with E-state index >= 15 is 0 Å². The van der Waals surface area contributed by atoms with Gasteiger partial charge in [-0.2, -0.15) is 0 Å². The lowest BCUT2D eigenvalue weighted by Gasteiger charge is -2.20. The molecule has 1 atom stereocenters. The summed E-state index contributed by atoms with van der Waals surface area (Å²) in [4.78, 5) is 0.213. The lowest BCUT2D eigenvalue weighted by molar-refractivity contribution is 0.478. The Morgan fingerprint density at radius 3 is 2.16 bits per heavy atom. The fraction of sp³-hybridized carbons (Fsp3) is 0.120. The van der Waals surface area contributed by atoms with Crippen LogP contribution in [0.25, 0.3) is 0 Å². The number of halogens is 1. The lowest BCUT2D eigenvalue weighted by Crippen LogP contribution is -2.15. The molecule has 158 valence electrons. The molecule has 0 fully saturated rings. The second-order valence-corrected chi connectivity index (χ2v) is 9.56. The van der Waals surface area contributed by atoms with E-state index in [-0.39, 0.29) is 10.8 Å². The SMILES string of the molecule is Cc1ccc(S(=O)(=O)Nc2ccccc2[C@@H](c2ccc(Cl)cc2)c2ccc(C)o2)cc1. The molecule has 31 heavy (non-hydrogen) atoms. The molecule has 0 aliphatic heterocycles. The second-order valence-electron chi connectivity index (χ2n) is 7.44. The summed E-state index contributed by atoms with van der Waals surface area (Å²) >= 11 is 6.09. The highest BCUT2D eigenvalue weighted by Crippen LogP contribution is 2.38. The van der Waals surface area contributed by atoms with Gasteiger partial charge in [-0.05, 0) is 67.4 Å². The van der Waals surface area contributed by atoms with Crippen LogP contribution in [0, 0.1) is 13.8 Å². The quantitative estimate of drug-likeness (QED) is 0.362. The Morgan fingerprint density at radius 1 is 0.839 bits per heavy atom. The molecule has 0 radical (unpaired) electrons. The van der Waals surface area contributed by atoms with Gasteiger partial charge < -0.3 is 4.42 Å². The van der Waals surface area contributed by atoms with Crippen molar-refractivity contribution in [2.75, 3.05) is 4.72 Å². The van der Waals surface area contributed by atoms with Gasteiger partial charge in [0.1, 0.15) is 11.5 Å². The molecule has 4 rings (SSSR count). The zero-order valence-electron chi connectivity index (χ0n) is 17.2. The van der Waals surface area contributed by atoms with Crippen LogP contribution in [0.1, 0.15) is 34.1 Å². The van der Waals surface area contributed by atoms with Crippen LogP contribution < -0.4 is 4.72 Å². The Kier molecular flexibility index (Phi) is 5.90. The van der Waals surface area contributed by atoms with Crippen LogP contribution >= 0.6 is 11.6 Å². The highest BCUT2D eigenvalue weighted by atomic mass is 35.5. The van der Waals surface area contributed by atoms with Crippen LogP contribution in [-0.4, -0.2) is 8.42 Å². The minimum Gasteiger partial charge on any atom is -0.465 e. The number of anilines is 1. The number of benzene rings is 3. The molecule has 0 saturated heterocycles. The van der Waals surface area contributed by atoms with Crippen LogP contribution in [0.3, 0.4) is 0 Å². The molecule has 1 aromatic heterocycles. The van der Waals surface area contributed by atoms with Crippen LogP contribution in [0.2, 0.25) is 5.02 Å². The maximum atomic E-state index is 13.1. The third kappa shape index (κ3) is 4.68. The van der Waals surface area contributed by atoms with E-state index in [1.807, 2.05) is 68.4 Å². The summed E-state index contributed by atoms with van der Waals surface area (Å²) < 4.78 is 34.8. The van der Waals surface area contributed by atoms with Gasteiger partial charge in [0.05, 0.1) is 16.5 Å². The van der Waals surface area contributed by atoms with Gasteiger partial charge in [0, 0.05) is 5.02 Å². The number of para-hydroxylation sites is 1. The van der Waals surface area contributed by atoms with Gasteiger partial charge in [-0.3, -0.25) is 4.72 Å². The standard InChI is InChI=1S/C25H22ClNO3S/c1-17-7-14-21(15-8-17)31(28,29)27-23-6-4-3-5-22(23)25(24-16-9-18(2)30-24)19-10-12-20(26)13-11-19/h3-16,25,27H,1-2H3/t25-/m1/s1. The van der Waals surface area contributed by atoms with Crippen molar-refractivity contribution in [2.24, 2.45) is 0 Å². The molecule has 0 unspecified atom stereocenters. The van der Waals surface area contributed by atoms with Gasteiger partial charge in [-0.15, -0.1) is 0 Å². The topological polar surface area (TPSA) is 59.3 Å². The van der Waals surface area contributed by atoms with Gasteiger partial charge in [0.15, 0.2) is 0 Å². The first-order valence-electron chi connectivity index (χ1n) is 9.84. The molecule has 1 heterocycles. The predicted octanol–water partition coefficient (Wildman–Crippen LogP) is 6.53. The van der Waals surface area contributed by atoms with Gasteiger partial charge in [0.2, 0.25) is 0 Å². The van der Waals surface area contributed by atoms with E-state index in [0.29, 0.717) is 10.7 Å². The van der Waals surface area contributed by atoms with Crippen LogP contribution in [0.5, 0.6) is 0 Å². The summed E-state index contributed by atoms with van der Waals surface area (Å²) in [6.07, 6.45) is 0. The Bertz CT molecular complexity index is 1290. The first kappa shape index (κ1) is 21.2. The lowest BCUT2D eigenvalue weighted by atomic mass is 9.88. The molecule has 0 spiro atoms. The molecule has 1 N–H and O–H groups in total. The number of nitrogens with one attached hydrogen (secondary N) is 1. The maximum Gasteiger partial charge on any atom is 0.261 e. The summed E-state index contributed by atoms with van der Waals surface area (Å²) in [6, 6.07) is 25.4. The van der Waals surface area contributed by atoms with Crippen LogP contribution in [0.15, 0.2) is 94.2 Å². The largest absolute Gasteiger partial charge is 0.465 e. The number of hydrogen-bond donors (Lipinski definition) is 1.